The monoisotopic (exact) mass is 533 g/mol. The second-order valence-electron chi connectivity index (χ2n) is 11.3. The Kier molecular flexibility index (Phi) is 10.0. The van der Waals surface area contributed by atoms with Gasteiger partial charge in [0.25, 0.3) is 5.91 Å². The minimum absolute atomic E-state index is 0.108. The molecule has 7 heteroatoms. The van der Waals surface area contributed by atoms with Crippen LogP contribution >= 0.6 is 0 Å². The molecule has 0 aromatic heterocycles. The molecule has 4 rings (SSSR count). The highest BCUT2D eigenvalue weighted by Crippen LogP contribution is 2.33. The third-order valence-electron chi connectivity index (χ3n) is 8.14. The second kappa shape index (κ2) is 13.6. The van der Waals surface area contributed by atoms with Crippen LogP contribution in [-0.4, -0.2) is 66.5 Å². The van der Waals surface area contributed by atoms with Crippen molar-refractivity contribution in [1.29, 1.82) is 0 Å². The Bertz CT molecular complexity index is 1090. The molecule has 0 radical (unpaired) electrons. The third kappa shape index (κ3) is 7.61. The van der Waals surface area contributed by atoms with Gasteiger partial charge in [-0.1, -0.05) is 56.3 Å². The molecule has 0 aliphatic carbocycles. The average molecular weight is 534 g/mol. The smallest absolute Gasteiger partial charge is 0.328 e. The number of piperidine rings is 2. The van der Waals surface area contributed by atoms with E-state index in [1.807, 2.05) is 66.1 Å². The van der Waals surface area contributed by atoms with E-state index < -0.39 is 6.04 Å². The number of nitrogens with zero attached hydrogens (tertiary/aromatic N) is 2. The van der Waals surface area contributed by atoms with E-state index in [9.17, 15) is 14.4 Å². The normalized spacial score (nSPS) is 17.6. The lowest BCUT2D eigenvalue weighted by molar-refractivity contribution is -0.145. The van der Waals surface area contributed by atoms with Crippen LogP contribution in [0.5, 0.6) is 0 Å². The van der Waals surface area contributed by atoms with E-state index in [-0.39, 0.29) is 23.8 Å². The molecule has 0 spiro atoms. The average Bonchev–Trinajstić information content (AvgIpc) is 2.97. The Hall–Kier alpha value is -3.35. The van der Waals surface area contributed by atoms with Crippen LogP contribution in [0.1, 0.15) is 63.2 Å². The maximum Gasteiger partial charge on any atom is 0.328 e. The Labute approximate surface area is 232 Å². The van der Waals surface area contributed by atoms with Crippen molar-refractivity contribution in [2.24, 2.45) is 17.8 Å². The number of likely N-dealkylation sites (tertiary alicyclic amines) is 2. The highest BCUT2D eigenvalue weighted by molar-refractivity contribution is 5.94. The van der Waals surface area contributed by atoms with Crippen LogP contribution in [0.25, 0.3) is 11.1 Å². The van der Waals surface area contributed by atoms with Crippen molar-refractivity contribution >= 4 is 17.9 Å². The summed E-state index contributed by atoms with van der Waals surface area (Å²) in [5.74, 6) is 1.16. The molecular formula is C32H43N3O4. The van der Waals surface area contributed by atoms with Crippen molar-refractivity contribution < 1.29 is 19.1 Å². The standard InChI is InChI=1S/C32H43N3O4/c1-4-39-31(37)29(22-23(2)3)33-32(38)35-20-16-27(17-21-35)26-14-18-34(19-15-26)30(36)28-12-10-25(11-13-28)24-8-6-5-7-9-24/h5-13,23,26-27,29H,4,14-22H2,1-3H3,(H,33,38). The second-order valence-corrected chi connectivity index (χ2v) is 11.3. The molecule has 2 aromatic carbocycles. The number of amides is 3. The van der Waals surface area contributed by atoms with Gasteiger partial charge in [0.15, 0.2) is 0 Å². The lowest BCUT2D eigenvalue weighted by Crippen LogP contribution is -2.51. The van der Waals surface area contributed by atoms with Gasteiger partial charge in [-0.3, -0.25) is 4.79 Å². The number of benzene rings is 2. The number of hydrogen-bond donors (Lipinski definition) is 1. The van der Waals surface area contributed by atoms with Gasteiger partial charge in [0.1, 0.15) is 6.04 Å². The predicted molar refractivity (Wildman–Crippen MR) is 153 cm³/mol. The summed E-state index contributed by atoms with van der Waals surface area (Å²) in [5, 5.41) is 2.91. The first-order chi connectivity index (χ1) is 18.9. The summed E-state index contributed by atoms with van der Waals surface area (Å²) in [6, 6.07) is 17.3. The first kappa shape index (κ1) is 28.7. The largest absolute Gasteiger partial charge is 0.464 e. The van der Waals surface area contributed by atoms with Crippen LogP contribution in [0.15, 0.2) is 54.6 Å². The van der Waals surface area contributed by atoms with Crippen LogP contribution in [0, 0.1) is 17.8 Å². The maximum absolute atomic E-state index is 13.1. The van der Waals surface area contributed by atoms with Crippen LogP contribution in [0.3, 0.4) is 0 Å². The molecule has 2 heterocycles. The maximum atomic E-state index is 13.1. The number of urea groups is 1. The van der Waals surface area contributed by atoms with E-state index in [1.165, 1.54) is 0 Å². The van der Waals surface area contributed by atoms with E-state index in [4.69, 9.17) is 4.74 Å². The third-order valence-corrected chi connectivity index (χ3v) is 8.14. The zero-order chi connectivity index (χ0) is 27.8. The molecule has 0 bridgehead atoms. The number of carbonyl (C=O) groups is 3. The zero-order valence-electron chi connectivity index (χ0n) is 23.6. The van der Waals surface area contributed by atoms with Gasteiger partial charge in [-0.25, -0.2) is 9.59 Å². The molecule has 1 unspecified atom stereocenters. The van der Waals surface area contributed by atoms with Gasteiger partial charge in [-0.05, 0) is 80.0 Å². The molecule has 2 saturated heterocycles. The van der Waals surface area contributed by atoms with Crippen molar-refractivity contribution in [3.8, 4) is 11.1 Å². The van der Waals surface area contributed by atoms with Crippen LogP contribution < -0.4 is 5.32 Å². The van der Waals surface area contributed by atoms with Gasteiger partial charge in [0, 0.05) is 31.7 Å². The van der Waals surface area contributed by atoms with Gasteiger partial charge in [-0.15, -0.1) is 0 Å². The quantitative estimate of drug-likeness (QED) is 0.448. The minimum Gasteiger partial charge on any atom is -0.464 e. The molecule has 210 valence electrons. The molecule has 1 atom stereocenters. The van der Waals surface area contributed by atoms with Gasteiger partial charge < -0.3 is 19.9 Å². The number of carbonyl (C=O) groups excluding carboxylic acids is 3. The first-order valence-corrected chi connectivity index (χ1v) is 14.5. The molecule has 2 aliphatic rings. The van der Waals surface area contributed by atoms with Crippen LogP contribution in [0.2, 0.25) is 0 Å². The molecule has 2 fully saturated rings. The van der Waals surface area contributed by atoms with E-state index in [0.717, 1.165) is 55.5 Å². The van der Waals surface area contributed by atoms with Gasteiger partial charge in [0.05, 0.1) is 6.61 Å². The van der Waals surface area contributed by atoms with Crippen LogP contribution in [-0.2, 0) is 9.53 Å². The number of ether oxygens (including phenoxy) is 1. The molecule has 3 amide bonds. The fourth-order valence-corrected chi connectivity index (χ4v) is 5.94. The number of rotatable bonds is 8. The van der Waals surface area contributed by atoms with Gasteiger partial charge in [-0.2, -0.15) is 0 Å². The summed E-state index contributed by atoms with van der Waals surface area (Å²) in [5.41, 5.74) is 3.00. The summed E-state index contributed by atoms with van der Waals surface area (Å²) < 4.78 is 5.17. The predicted octanol–water partition coefficient (Wildman–Crippen LogP) is 5.61. The molecule has 0 saturated carbocycles. The van der Waals surface area contributed by atoms with E-state index in [1.54, 1.807) is 6.92 Å². The van der Waals surface area contributed by atoms with Crippen LogP contribution in [0.4, 0.5) is 4.79 Å². The number of nitrogens with one attached hydrogen (secondary N) is 1. The fraction of sp³-hybridized carbons (Fsp3) is 0.531. The van der Waals surface area contributed by atoms with E-state index in [0.29, 0.717) is 38.0 Å². The summed E-state index contributed by atoms with van der Waals surface area (Å²) in [4.78, 5) is 42.2. The summed E-state index contributed by atoms with van der Waals surface area (Å²) in [6.45, 7) is 9.10. The molecule has 7 nitrogen and oxygen atoms in total. The molecule has 39 heavy (non-hydrogen) atoms. The minimum atomic E-state index is -0.605. The van der Waals surface area contributed by atoms with Crippen molar-refractivity contribution in [2.45, 2.75) is 58.9 Å². The fourth-order valence-electron chi connectivity index (χ4n) is 5.94. The summed E-state index contributed by atoms with van der Waals surface area (Å²) in [6.07, 6.45) is 4.49. The SMILES string of the molecule is CCOC(=O)C(CC(C)C)NC(=O)N1CCC(C2CCN(C(=O)c3ccc(-c4ccccc4)cc3)CC2)CC1. The Morgan fingerprint density at radius 1 is 0.821 bits per heavy atom. The Morgan fingerprint density at radius 3 is 1.90 bits per heavy atom. The molecule has 2 aliphatic heterocycles. The zero-order valence-corrected chi connectivity index (χ0v) is 23.6. The molecular weight excluding hydrogens is 490 g/mol. The first-order valence-electron chi connectivity index (χ1n) is 14.5. The number of hydrogen-bond acceptors (Lipinski definition) is 4. The lowest BCUT2D eigenvalue weighted by atomic mass is 9.78. The Balaban J connectivity index is 1.23. The van der Waals surface area contributed by atoms with Crippen molar-refractivity contribution in [2.75, 3.05) is 32.8 Å². The number of esters is 1. The highest BCUT2D eigenvalue weighted by atomic mass is 16.5. The van der Waals surface area contributed by atoms with E-state index >= 15 is 0 Å². The molecule has 2 aromatic rings. The van der Waals surface area contributed by atoms with Gasteiger partial charge >= 0.3 is 12.0 Å². The Morgan fingerprint density at radius 2 is 1.36 bits per heavy atom. The van der Waals surface area contributed by atoms with Crippen molar-refractivity contribution in [3.63, 3.8) is 0 Å². The van der Waals surface area contributed by atoms with Crippen molar-refractivity contribution in [1.82, 2.24) is 15.1 Å². The highest BCUT2D eigenvalue weighted by Gasteiger charge is 2.33. The summed E-state index contributed by atoms with van der Waals surface area (Å²) >= 11 is 0. The topological polar surface area (TPSA) is 79.0 Å². The van der Waals surface area contributed by atoms with Crippen molar-refractivity contribution in [3.05, 3.63) is 60.2 Å². The van der Waals surface area contributed by atoms with E-state index in [2.05, 4.69) is 17.4 Å². The lowest BCUT2D eigenvalue weighted by Gasteiger charge is -2.40. The summed E-state index contributed by atoms with van der Waals surface area (Å²) in [7, 11) is 0. The molecule has 1 N–H and O–H groups in total. The van der Waals surface area contributed by atoms with Gasteiger partial charge in [0.2, 0.25) is 0 Å².